The van der Waals surface area contributed by atoms with E-state index in [-0.39, 0.29) is 0 Å². The molecule has 0 aromatic carbocycles. The summed E-state index contributed by atoms with van der Waals surface area (Å²) in [5.41, 5.74) is 0. The van der Waals surface area contributed by atoms with E-state index in [9.17, 15) is 0 Å². The number of halogens is 1. The van der Waals surface area contributed by atoms with Gasteiger partial charge in [0, 0.05) is 46.4 Å². The van der Waals surface area contributed by atoms with E-state index in [1.165, 1.54) is 28.7 Å². The van der Waals surface area contributed by atoms with Gasteiger partial charge in [0.15, 0.2) is 0 Å². The third kappa shape index (κ3) is 5.66. The zero-order valence-corrected chi connectivity index (χ0v) is 16.1. The minimum atomic E-state index is 0.650. The van der Waals surface area contributed by atoms with Gasteiger partial charge in [0.1, 0.15) is 0 Å². The Hall–Kier alpha value is 0.1000. The fourth-order valence-corrected chi connectivity index (χ4v) is 4.74. The monoisotopic (exact) mass is 372 g/mol. The molecule has 1 saturated heterocycles. The van der Waals surface area contributed by atoms with Crippen molar-refractivity contribution in [2.45, 2.75) is 59.2 Å². The van der Waals surface area contributed by atoms with E-state index in [0.29, 0.717) is 12.1 Å². The van der Waals surface area contributed by atoms with Crippen LogP contribution in [0.4, 0.5) is 0 Å². The molecule has 1 N–H and O–H groups in total. The van der Waals surface area contributed by atoms with Gasteiger partial charge < -0.3 is 5.32 Å². The van der Waals surface area contributed by atoms with Crippen LogP contribution >= 0.6 is 27.3 Å². The SMILES string of the molecule is CC(C)CC1CN(Cc2cc(Br)cs2)C(CC(C)C)CN1. The van der Waals surface area contributed by atoms with Crippen LogP contribution in [0.25, 0.3) is 0 Å². The molecule has 1 aliphatic rings. The van der Waals surface area contributed by atoms with Gasteiger partial charge in [-0.05, 0) is 46.7 Å². The summed E-state index contributed by atoms with van der Waals surface area (Å²) in [4.78, 5) is 4.18. The van der Waals surface area contributed by atoms with Gasteiger partial charge in [-0.15, -0.1) is 11.3 Å². The number of thiophene rings is 1. The number of rotatable bonds is 6. The molecule has 1 aromatic rings. The molecular formula is C17H29BrN2S. The fourth-order valence-electron chi connectivity index (χ4n) is 3.26. The van der Waals surface area contributed by atoms with Crippen molar-refractivity contribution in [3.05, 3.63) is 20.8 Å². The Labute approximate surface area is 142 Å². The minimum absolute atomic E-state index is 0.650. The second-order valence-corrected chi connectivity index (χ2v) is 9.09. The highest BCUT2D eigenvalue weighted by molar-refractivity contribution is 9.10. The lowest BCUT2D eigenvalue weighted by molar-refractivity contribution is 0.101. The normalized spacial score (nSPS) is 24.1. The first-order valence-corrected chi connectivity index (χ1v) is 9.81. The topological polar surface area (TPSA) is 15.3 Å². The summed E-state index contributed by atoms with van der Waals surface area (Å²) < 4.78 is 1.22. The summed E-state index contributed by atoms with van der Waals surface area (Å²) in [6.45, 7) is 12.7. The Balaban J connectivity index is 2.01. The van der Waals surface area contributed by atoms with Crippen LogP contribution < -0.4 is 5.32 Å². The minimum Gasteiger partial charge on any atom is -0.311 e. The summed E-state index contributed by atoms with van der Waals surface area (Å²) >= 11 is 5.45. The average molecular weight is 373 g/mol. The summed E-state index contributed by atoms with van der Waals surface area (Å²) in [6, 6.07) is 3.60. The maximum atomic E-state index is 3.78. The molecule has 1 fully saturated rings. The van der Waals surface area contributed by atoms with Crippen molar-refractivity contribution in [2.24, 2.45) is 11.8 Å². The molecule has 2 heterocycles. The van der Waals surface area contributed by atoms with Crippen molar-refractivity contribution in [3.63, 3.8) is 0 Å². The molecule has 0 spiro atoms. The molecule has 0 radical (unpaired) electrons. The average Bonchev–Trinajstić information content (AvgIpc) is 2.77. The Morgan fingerprint density at radius 3 is 2.57 bits per heavy atom. The first kappa shape index (κ1) is 17.5. The second-order valence-electron chi connectivity index (χ2n) is 7.18. The highest BCUT2D eigenvalue weighted by atomic mass is 79.9. The third-order valence-corrected chi connectivity index (χ3v) is 5.78. The molecule has 0 saturated carbocycles. The Morgan fingerprint density at radius 1 is 1.29 bits per heavy atom. The van der Waals surface area contributed by atoms with Gasteiger partial charge in [-0.25, -0.2) is 0 Å². The zero-order valence-electron chi connectivity index (χ0n) is 13.7. The Bertz CT molecular complexity index is 430. The van der Waals surface area contributed by atoms with Crippen molar-refractivity contribution in [1.29, 1.82) is 0 Å². The van der Waals surface area contributed by atoms with E-state index in [4.69, 9.17) is 0 Å². The largest absolute Gasteiger partial charge is 0.311 e. The Kier molecular flexibility index (Phi) is 6.73. The summed E-state index contributed by atoms with van der Waals surface area (Å²) in [7, 11) is 0. The smallest absolute Gasteiger partial charge is 0.0332 e. The maximum absolute atomic E-state index is 3.78. The number of hydrogen-bond donors (Lipinski definition) is 1. The molecule has 0 aliphatic carbocycles. The van der Waals surface area contributed by atoms with E-state index >= 15 is 0 Å². The molecule has 2 unspecified atom stereocenters. The predicted molar refractivity (Wildman–Crippen MR) is 96.9 cm³/mol. The molecule has 2 atom stereocenters. The van der Waals surface area contributed by atoms with Crippen LogP contribution in [0.3, 0.4) is 0 Å². The lowest BCUT2D eigenvalue weighted by atomic mass is 9.95. The van der Waals surface area contributed by atoms with Crippen LogP contribution in [-0.2, 0) is 6.54 Å². The zero-order chi connectivity index (χ0) is 15.4. The molecule has 1 aliphatic heterocycles. The first-order chi connectivity index (χ1) is 9.94. The van der Waals surface area contributed by atoms with Crippen LogP contribution in [0.15, 0.2) is 15.9 Å². The van der Waals surface area contributed by atoms with E-state index in [1.54, 1.807) is 0 Å². The van der Waals surface area contributed by atoms with E-state index in [1.807, 2.05) is 11.3 Å². The predicted octanol–water partition coefficient (Wildman–Crippen LogP) is 4.75. The first-order valence-electron chi connectivity index (χ1n) is 8.14. The van der Waals surface area contributed by atoms with Crippen LogP contribution in [0.1, 0.15) is 45.4 Å². The van der Waals surface area contributed by atoms with Crippen molar-refractivity contribution in [2.75, 3.05) is 13.1 Å². The van der Waals surface area contributed by atoms with Crippen LogP contribution in [0, 0.1) is 11.8 Å². The van der Waals surface area contributed by atoms with Crippen molar-refractivity contribution >= 4 is 27.3 Å². The molecule has 0 bridgehead atoms. The lowest BCUT2D eigenvalue weighted by Crippen LogP contribution is -2.56. The summed E-state index contributed by atoms with van der Waals surface area (Å²) in [6.07, 6.45) is 2.56. The molecule has 21 heavy (non-hydrogen) atoms. The van der Waals surface area contributed by atoms with Crippen molar-refractivity contribution in [1.82, 2.24) is 10.2 Å². The van der Waals surface area contributed by atoms with Gasteiger partial charge in [-0.2, -0.15) is 0 Å². The number of nitrogens with zero attached hydrogens (tertiary/aromatic N) is 1. The Morgan fingerprint density at radius 2 is 2.00 bits per heavy atom. The van der Waals surface area contributed by atoms with Crippen molar-refractivity contribution < 1.29 is 0 Å². The molecule has 2 nitrogen and oxygen atoms in total. The van der Waals surface area contributed by atoms with Gasteiger partial charge in [0.05, 0.1) is 0 Å². The maximum Gasteiger partial charge on any atom is 0.0332 e. The quantitative estimate of drug-likeness (QED) is 0.775. The second kappa shape index (κ2) is 8.09. The molecule has 2 rings (SSSR count). The molecule has 4 heteroatoms. The lowest BCUT2D eigenvalue weighted by Gasteiger charge is -2.41. The number of piperazine rings is 1. The van der Waals surface area contributed by atoms with E-state index < -0.39 is 0 Å². The van der Waals surface area contributed by atoms with Gasteiger partial charge in [-0.3, -0.25) is 4.90 Å². The van der Waals surface area contributed by atoms with Gasteiger partial charge in [0.25, 0.3) is 0 Å². The fraction of sp³-hybridized carbons (Fsp3) is 0.765. The van der Waals surface area contributed by atoms with Crippen LogP contribution in [0.5, 0.6) is 0 Å². The number of hydrogen-bond acceptors (Lipinski definition) is 3. The summed E-state index contributed by atoms with van der Waals surface area (Å²) in [5, 5.41) is 5.97. The summed E-state index contributed by atoms with van der Waals surface area (Å²) in [5.74, 6) is 1.53. The highest BCUT2D eigenvalue weighted by Gasteiger charge is 2.28. The molecule has 0 amide bonds. The van der Waals surface area contributed by atoms with Crippen LogP contribution in [-0.4, -0.2) is 30.1 Å². The van der Waals surface area contributed by atoms with Gasteiger partial charge in [-0.1, -0.05) is 27.7 Å². The highest BCUT2D eigenvalue weighted by Crippen LogP contribution is 2.25. The van der Waals surface area contributed by atoms with Crippen LogP contribution in [0.2, 0.25) is 0 Å². The van der Waals surface area contributed by atoms with Gasteiger partial charge in [0.2, 0.25) is 0 Å². The van der Waals surface area contributed by atoms with E-state index in [2.05, 4.69) is 65.3 Å². The standard InChI is InChI=1S/C17H29BrN2S/c1-12(2)5-15-9-20(10-17-7-14(18)11-21-17)16(8-19-15)6-13(3)4/h7,11-13,15-16,19H,5-6,8-10H2,1-4H3. The van der Waals surface area contributed by atoms with Gasteiger partial charge >= 0.3 is 0 Å². The van der Waals surface area contributed by atoms with E-state index in [0.717, 1.165) is 24.9 Å². The van der Waals surface area contributed by atoms with Crippen molar-refractivity contribution in [3.8, 4) is 0 Å². The molecule has 1 aromatic heterocycles. The molecule has 120 valence electrons. The number of nitrogens with one attached hydrogen (secondary N) is 1. The third-order valence-electron chi connectivity index (χ3n) is 4.09. The molecular weight excluding hydrogens is 344 g/mol.